The summed E-state index contributed by atoms with van der Waals surface area (Å²) in [6.45, 7) is 19.0. The number of fused-ring (bicyclic) bond motifs is 4. The van der Waals surface area contributed by atoms with Crippen LogP contribution >= 0.6 is 0 Å². The third-order valence-corrected chi connectivity index (χ3v) is 10.2. The van der Waals surface area contributed by atoms with Crippen molar-refractivity contribution >= 4 is 6.71 Å². The molecule has 0 amide bonds. The van der Waals surface area contributed by atoms with Crippen molar-refractivity contribution in [3.63, 3.8) is 0 Å². The molecule has 6 aliphatic carbocycles. The highest BCUT2D eigenvalue weighted by atomic mass is 14.6. The van der Waals surface area contributed by atoms with Crippen molar-refractivity contribution in [3.05, 3.63) is 0 Å². The van der Waals surface area contributed by atoms with Crippen LogP contribution in [-0.2, 0) is 0 Å². The van der Waals surface area contributed by atoms with E-state index in [0.29, 0.717) is 10.8 Å². The average Bonchev–Trinajstić information content (AvgIpc) is 2.45. The quantitative estimate of drug-likeness (QED) is 0.528. The van der Waals surface area contributed by atoms with E-state index in [9.17, 15) is 0 Å². The van der Waals surface area contributed by atoms with E-state index in [1.54, 1.807) is 0 Å². The first-order valence-corrected chi connectivity index (χ1v) is 10.2. The van der Waals surface area contributed by atoms with E-state index in [1.807, 2.05) is 0 Å². The van der Waals surface area contributed by atoms with Crippen molar-refractivity contribution < 1.29 is 0 Å². The second-order valence-corrected chi connectivity index (χ2v) is 11.1. The first-order chi connectivity index (χ1) is 10.2. The maximum atomic E-state index is 2.64. The summed E-state index contributed by atoms with van der Waals surface area (Å²) >= 11 is 0. The highest BCUT2D eigenvalue weighted by Gasteiger charge is 2.61. The topological polar surface area (TPSA) is 0 Å². The fourth-order valence-corrected chi connectivity index (χ4v) is 8.08. The van der Waals surface area contributed by atoms with Crippen LogP contribution in [-0.4, -0.2) is 6.71 Å². The highest BCUT2D eigenvalue weighted by molar-refractivity contribution is 6.61. The molecule has 8 unspecified atom stereocenters. The fraction of sp³-hybridized carbons (Fsp3) is 1.00. The van der Waals surface area contributed by atoms with Crippen LogP contribution in [0.5, 0.6) is 0 Å². The zero-order valence-corrected chi connectivity index (χ0v) is 16.0. The zero-order valence-electron chi connectivity index (χ0n) is 16.0. The lowest BCUT2D eigenvalue weighted by Gasteiger charge is -2.66. The Labute approximate surface area is 139 Å². The summed E-state index contributed by atoms with van der Waals surface area (Å²) in [6, 6.07) is 0. The minimum absolute atomic E-state index is 0.651. The van der Waals surface area contributed by atoms with Gasteiger partial charge in [0, 0.05) is 0 Å². The molecular formula is C21H37B. The van der Waals surface area contributed by atoms with Crippen LogP contribution in [0.1, 0.15) is 67.2 Å². The van der Waals surface area contributed by atoms with Crippen molar-refractivity contribution in [2.24, 2.45) is 46.3 Å². The van der Waals surface area contributed by atoms with Gasteiger partial charge in [-0.15, -0.1) is 0 Å². The molecule has 0 saturated heterocycles. The summed E-state index contributed by atoms with van der Waals surface area (Å²) in [5.74, 6) is 8.07. The maximum absolute atomic E-state index is 2.64. The molecule has 6 rings (SSSR count). The molecule has 6 fully saturated rings. The van der Waals surface area contributed by atoms with Crippen LogP contribution in [0.4, 0.5) is 0 Å². The van der Waals surface area contributed by atoms with Crippen LogP contribution in [0, 0.1) is 46.3 Å². The van der Waals surface area contributed by atoms with Gasteiger partial charge in [0.15, 0.2) is 0 Å². The summed E-state index contributed by atoms with van der Waals surface area (Å²) in [5, 5.41) is 0. The Hall–Kier alpha value is 0.0649. The molecule has 0 aromatic heterocycles. The van der Waals surface area contributed by atoms with Gasteiger partial charge in [-0.2, -0.15) is 0 Å². The van der Waals surface area contributed by atoms with Crippen LogP contribution < -0.4 is 0 Å². The Morgan fingerprint density at radius 1 is 0.682 bits per heavy atom. The summed E-state index contributed by atoms with van der Waals surface area (Å²) < 4.78 is 0. The predicted octanol–water partition coefficient (Wildman–Crippen LogP) is 6.26. The van der Waals surface area contributed by atoms with E-state index in [-0.39, 0.29) is 0 Å². The Bertz CT molecular complexity index is 423. The van der Waals surface area contributed by atoms with Crippen molar-refractivity contribution in [1.82, 2.24) is 0 Å². The molecular weight excluding hydrogens is 263 g/mol. The zero-order chi connectivity index (χ0) is 16.0. The minimum Gasteiger partial charge on any atom is -0.0856 e. The molecule has 4 bridgehead atoms. The van der Waals surface area contributed by atoms with E-state index >= 15 is 0 Å². The molecule has 0 radical (unpaired) electrons. The molecule has 1 heteroatoms. The standard InChI is InChI=1S/C21H37B/c1-12-16-8-14(20(16,3)4)10-18(12)22(7)19-11-15-9-17(13(19)2)21(15,5)6/h12-19H,8-11H2,1-7H3. The van der Waals surface area contributed by atoms with Crippen molar-refractivity contribution in [2.75, 3.05) is 0 Å². The lowest BCUT2D eigenvalue weighted by atomic mass is 9.22. The minimum atomic E-state index is 0.651. The molecule has 0 N–H and O–H groups in total. The molecule has 0 nitrogen and oxygen atoms in total. The van der Waals surface area contributed by atoms with Gasteiger partial charge >= 0.3 is 0 Å². The van der Waals surface area contributed by atoms with E-state index in [4.69, 9.17) is 0 Å². The Kier molecular flexibility index (Phi) is 3.24. The highest BCUT2D eigenvalue weighted by Crippen LogP contribution is 2.69. The Balaban J connectivity index is 1.49. The van der Waals surface area contributed by atoms with E-state index in [0.717, 1.165) is 53.9 Å². The van der Waals surface area contributed by atoms with Crippen LogP contribution in [0.3, 0.4) is 0 Å². The largest absolute Gasteiger partial charge is 0.143 e. The average molecular weight is 300 g/mol. The summed E-state index contributed by atoms with van der Waals surface area (Å²) in [4.78, 5) is 0. The first kappa shape index (κ1) is 15.6. The van der Waals surface area contributed by atoms with Crippen LogP contribution in [0.15, 0.2) is 0 Å². The second kappa shape index (κ2) is 4.57. The van der Waals surface area contributed by atoms with E-state index in [1.165, 1.54) is 25.7 Å². The molecule has 0 aromatic carbocycles. The smallest absolute Gasteiger partial charge is 0.0856 e. The van der Waals surface area contributed by atoms with Gasteiger partial charge in [-0.1, -0.05) is 72.8 Å². The monoisotopic (exact) mass is 300 g/mol. The Morgan fingerprint density at radius 3 is 1.32 bits per heavy atom. The van der Waals surface area contributed by atoms with Crippen LogP contribution in [0.25, 0.3) is 0 Å². The van der Waals surface area contributed by atoms with Gasteiger partial charge in [0.25, 0.3) is 0 Å². The number of hydrogen-bond donors (Lipinski definition) is 0. The summed E-state index contributed by atoms with van der Waals surface area (Å²) in [5.41, 5.74) is 1.30. The van der Waals surface area contributed by atoms with Gasteiger partial charge in [-0.3, -0.25) is 0 Å². The van der Waals surface area contributed by atoms with Gasteiger partial charge in [-0.05, 0) is 59.2 Å². The van der Waals surface area contributed by atoms with E-state index in [2.05, 4.69) is 48.4 Å². The van der Waals surface area contributed by atoms with Crippen molar-refractivity contribution in [2.45, 2.75) is 85.7 Å². The fourth-order valence-electron chi connectivity index (χ4n) is 8.08. The van der Waals surface area contributed by atoms with Crippen molar-refractivity contribution in [3.8, 4) is 0 Å². The lowest BCUT2D eigenvalue weighted by Crippen LogP contribution is -2.59. The summed E-state index contributed by atoms with van der Waals surface area (Å²) in [7, 11) is 0. The number of rotatable bonds is 2. The molecule has 124 valence electrons. The van der Waals surface area contributed by atoms with E-state index < -0.39 is 0 Å². The Morgan fingerprint density at radius 2 is 1.05 bits per heavy atom. The number of hydrogen-bond acceptors (Lipinski definition) is 0. The molecule has 0 spiro atoms. The van der Waals surface area contributed by atoms with Crippen LogP contribution in [0.2, 0.25) is 18.5 Å². The summed E-state index contributed by atoms with van der Waals surface area (Å²) in [6.07, 6.45) is 6.15. The molecule has 0 heterocycles. The predicted molar refractivity (Wildman–Crippen MR) is 97.4 cm³/mol. The first-order valence-electron chi connectivity index (χ1n) is 10.2. The van der Waals surface area contributed by atoms with Gasteiger partial charge in [0.1, 0.15) is 6.71 Å². The maximum Gasteiger partial charge on any atom is 0.143 e. The molecule has 0 aliphatic heterocycles. The van der Waals surface area contributed by atoms with Gasteiger partial charge < -0.3 is 0 Å². The molecule has 0 aromatic rings. The van der Waals surface area contributed by atoms with Gasteiger partial charge in [-0.25, -0.2) is 0 Å². The van der Waals surface area contributed by atoms with Gasteiger partial charge in [0.05, 0.1) is 0 Å². The lowest BCUT2D eigenvalue weighted by molar-refractivity contribution is -0.107. The SMILES string of the molecule is CB(C1CC2CC(C1C)C2(C)C)C1CC2CC(C1C)C2(C)C. The third kappa shape index (κ3) is 1.78. The molecule has 22 heavy (non-hydrogen) atoms. The molecule has 8 atom stereocenters. The molecule has 6 aliphatic rings. The normalized spacial score (nSPS) is 54.1. The third-order valence-electron chi connectivity index (χ3n) is 10.2. The molecule has 6 saturated carbocycles. The van der Waals surface area contributed by atoms with Crippen molar-refractivity contribution in [1.29, 1.82) is 0 Å². The van der Waals surface area contributed by atoms with Gasteiger partial charge in [0.2, 0.25) is 0 Å². The second-order valence-electron chi connectivity index (χ2n) is 11.1.